The summed E-state index contributed by atoms with van der Waals surface area (Å²) in [7, 11) is 0. The second kappa shape index (κ2) is 4.74. The maximum Gasteiger partial charge on any atom is 0.227 e. The molecule has 0 unspecified atom stereocenters. The van der Waals surface area contributed by atoms with Gasteiger partial charge in [0.15, 0.2) is 0 Å². The Kier molecular flexibility index (Phi) is 3.34. The summed E-state index contributed by atoms with van der Waals surface area (Å²) < 4.78 is 0. The molecule has 0 saturated heterocycles. The van der Waals surface area contributed by atoms with E-state index in [2.05, 4.69) is 5.32 Å². The fourth-order valence-corrected chi connectivity index (χ4v) is 2.23. The Morgan fingerprint density at radius 3 is 2.75 bits per heavy atom. The Labute approximate surface area is 100.0 Å². The Morgan fingerprint density at radius 2 is 2.06 bits per heavy atom. The highest BCUT2D eigenvalue weighted by Crippen LogP contribution is 2.28. The van der Waals surface area contributed by atoms with Gasteiger partial charge in [-0.3, -0.25) is 4.79 Å². The minimum atomic E-state index is 0.0602. The van der Waals surface area contributed by atoms with Gasteiger partial charge in [-0.1, -0.05) is 24.4 Å². The first-order valence-corrected chi connectivity index (χ1v) is 5.90. The van der Waals surface area contributed by atoms with Crippen molar-refractivity contribution in [3.05, 3.63) is 23.2 Å². The van der Waals surface area contributed by atoms with E-state index in [0.29, 0.717) is 16.4 Å². The van der Waals surface area contributed by atoms with Crippen LogP contribution in [0.4, 0.5) is 11.4 Å². The lowest BCUT2D eigenvalue weighted by Gasteiger charge is -2.11. The zero-order valence-electron chi connectivity index (χ0n) is 9.00. The monoisotopic (exact) mass is 238 g/mol. The number of halogens is 1. The predicted molar refractivity (Wildman–Crippen MR) is 66.5 cm³/mol. The van der Waals surface area contributed by atoms with E-state index in [1.54, 1.807) is 18.2 Å². The number of amides is 1. The zero-order chi connectivity index (χ0) is 11.5. The Bertz CT molecular complexity index is 400. The van der Waals surface area contributed by atoms with E-state index in [-0.39, 0.29) is 11.8 Å². The number of benzene rings is 1. The normalized spacial score (nSPS) is 16.3. The van der Waals surface area contributed by atoms with E-state index in [0.717, 1.165) is 25.7 Å². The number of nitrogens with one attached hydrogen (secondary N) is 1. The van der Waals surface area contributed by atoms with Gasteiger partial charge in [-0.25, -0.2) is 0 Å². The van der Waals surface area contributed by atoms with Crippen LogP contribution < -0.4 is 11.1 Å². The van der Waals surface area contributed by atoms with Crippen molar-refractivity contribution in [2.45, 2.75) is 25.7 Å². The van der Waals surface area contributed by atoms with Crippen molar-refractivity contribution in [3.8, 4) is 0 Å². The maximum atomic E-state index is 11.9. The van der Waals surface area contributed by atoms with Crippen molar-refractivity contribution in [2.75, 3.05) is 11.1 Å². The minimum absolute atomic E-state index is 0.0602. The van der Waals surface area contributed by atoms with Crippen molar-refractivity contribution >= 4 is 28.9 Å². The topological polar surface area (TPSA) is 55.1 Å². The molecule has 3 nitrogen and oxygen atoms in total. The van der Waals surface area contributed by atoms with Crippen molar-refractivity contribution in [3.63, 3.8) is 0 Å². The molecule has 0 aliphatic heterocycles. The molecule has 1 saturated carbocycles. The molecule has 2 rings (SSSR count). The minimum Gasteiger partial charge on any atom is -0.399 e. The second-order valence-corrected chi connectivity index (χ2v) is 4.62. The van der Waals surface area contributed by atoms with E-state index in [1.807, 2.05) is 0 Å². The molecule has 1 fully saturated rings. The summed E-state index contributed by atoms with van der Waals surface area (Å²) in [6, 6.07) is 5.10. The molecule has 4 heteroatoms. The molecule has 0 spiro atoms. The number of carbonyl (C=O) groups is 1. The smallest absolute Gasteiger partial charge is 0.227 e. The Morgan fingerprint density at radius 1 is 1.38 bits per heavy atom. The summed E-state index contributed by atoms with van der Waals surface area (Å²) in [6.07, 6.45) is 4.24. The molecule has 1 aromatic rings. The lowest BCUT2D eigenvalue weighted by molar-refractivity contribution is -0.119. The van der Waals surface area contributed by atoms with Gasteiger partial charge < -0.3 is 11.1 Å². The number of anilines is 2. The molecule has 1 aliphatic rings. The molecule has 86 valence electrons. The molecule has 3 N–H and O–H groups in total. The molecule has 1 aromatic carbocycles. The number of nitrogens with two attached hydrogens (primary N) is 1. The highest BCUT2D eigenvalue weighted by molar-refractivity contribution is 6.33. The molecule has 0 aromatic heterocycles. The molecular weight excluding hydrogens is 224 g/mol. The number of hydrogen-bond acceptors (Lipinski definition) is 2. The van der Waals surface area contributed by atoms with E-state index < -0.39 is 0 Å². The summed E-state index contributed by atoms with van der Waals surface area (Å²) in [5.41, 5.74) is 6.86. The van der Waals surface area contributed by atoms with Gasteiger partial charge in [-0.05, 0) is 31.0 Å². The fourth-order valence-electron chi connectivity index (χ4n) is 2.06. The molecule has 16 heavy (non-hydrogen) atoms. The quantitative estimate of drug-likeness (QED) is 0.778. The number of hydrogen-bond donors (Lipinski definition) is 2. The fraction of sp³-hybridized carbons (Fsp3) is 0.417. The lowest BCUT2D eigenvalue weighted by atomic mass is 10.1. The highest BCUT2D eigenvalue weighted by atomic mass is 35.5. The SMILES string of the molecule is Nc1ccc(Cl)c(NC(=O)C2CCCC2)c1. The van der Waals surface area contributed by atoms with E-state index in [9.17, 15) is 4.79 Å². The van der Waals surface area contributed by atoms with Crippen LogP contribution in [-0.4, -0.2) is 5.91 Å². The third kappa shape index (κ3) is 2.47. The van der Waals surface area contributed by atoms with Gasteiger partial charge in [-0.2, -0.15) is 0 Å². The van der Waals surface area contributed by atoms with Gasteiger partial charge >= 0.3 is 0 Å². The van der Waals surface area contributed by atoms with Crippen LogP contribution in [0.25, 0.3) is 0 Å². The summed E-state index contributed by atoms with van der Waals surface area (Å²) >= 11 is 5.98. The van der Waals surface area contributed by atoms with Crippen LogP contribution in [-0.2, 0) is 4.79 Å². The van der Waals surface area contributed by atoms with Gasteiger partial charge in [0.25, 0.3) is 0 Å². The average molecular weight is 239 g/mol. The van der Waals surface area contributed by atoms with Crippen molar-refractivity contribution in [2.24, 2.45) is 5.92 Å². The van der Waals surface area contributed by atoms with Gasteiger partial charge in [0.1, 0.15) is 0 Å². The van der Waals surface area contributed by atoms with Crippen LogP contribution in [0.1, 0.15) is 25.7 Å². The van der Waals surface area contributed by atoms with Crippen LogP contribution >= 0.6 is 11.6 Å². The van der Waals surface area contributed by atoms with Crippen LogP contribution in [0.3, 0.4) is 0 Å². The first-order chi connectivity index (χ1) is 7.66. The van der Waals surface area contributed by atoms with Gasteiger partial charge in [-0.15, -0.1) is 0 Å². The largest absolute Gasteiger partial charge is 0.399 e. The van der Waals surface area contributed by atoms with E-state index in [4.69, 9.17) is 17.3 Å². The third-order valence-corrected chi connectivity index (χ3v) is 3.30. The molecular formula is C12H15ClN2O. The van der Waals surface area contributed by atoms with Crippen LogP contribution in [0.2, 0.25) is 5.02 Å². The van der Waals surface area contributed by atoms with Crippen LogP contribution in [0.15, 0.2) is 18.2 Å². The van der Waals surface area contributed by atoms with Crippen molar-refractivity contribution in [1.29, 1.82) is 0 Å². The van der Waals surface area contributed by atoms with Crippen molar-refractivity contribution in [1.82, 2.24) is 0 Å². The van der Waals surface area contributed by atoms with Crippen molar-refractivity contribution < 1.29 is 4.79 Å². The molecule has 0 atom stereocenters. The van der Waals surface area contributed by atoms with Crippen LogP contribution in [0.5, 0.6) is 0 Å². The Hall–Kier alpha value is -1.22. The van der Waals surface area contributed by atoms with E-state index >= 15 is 0 Å². The highest BCUT2D eigenvalue weighted by Gasteiger charge is 2.23. The maximum absolute atomic E-state index is 11.9. The molecule has 0 bridgehead atoms. The number of rotatable bonds is 2. The molecule has 0 heterocycles. The third-order valence-electron chi connectivity index (χ3n) is 2.97. The molecule has 1 aliphatic carbocycles. The lowest BCUT2D eigenvalue weighted by Crippen LogP contribution is -2.20. The molecule has 0 radical (unpaired) electrons. The zero-order valence-corrected chi connectivity index (χ0v) is 9.76. The summed E-state index contributed by atoms with van der Waals surface area (Å²) in [6.45, 7) is 0. The van der Waals surface area contributed by atoms with E-state index in [1.165, 1.54) is 0 Å². The average Bonchev–Trinajstić information content (AvgIpc) is 2.76. The van der Waals surface area contributed by atoms with Crippen LogP contribution in [0, 0.1) is 5.92 Å². The van der Waals surface area contributed by atoms with Gasteiger partial charge in [0, 0.05) is 11.6 Å². The summed E-state index contributed by atoms with van der Waals surface area (Å²) in [4.78, 5) is 11.9. The standard InChI is InChI=1S/C12H15ClN2O/c13-10-6-5-9(14)7-11(10)15-12(16)8-3-1-2-4-8/h5-8H,1-4,14H2,(H,15,16). The Balaban J connectivity index is 2.07. The predicted octanol–water partition coefficient (Wildman–Crippen LogP) is 3.05. The van der Waals surface area contributed by atoms with Gasteiger partial charge in [0.2, 0.25) is 5.91 Å². The first-order valence-electron chi connectivity index (χ1n) is 5.52. The number of nitrogen functional groups attached to an aromatic ring is 1. The first kappa shape index (κ1) is 11.3. The second-order valence-electron chi connectivity index (χ2n) is 4.21. The molecule has 1 amide bonds. The summed E-state index contributed by atoms with van der Waals surface area (Å²) in [5, 5.41) is 3.37. The summed E-state index contributed by atoms with van der Waals surface area (Å²) in [5.74, 6) is 0.197. The number of carbonyl (C=O) groups excluding carboxylic acids is 1. The van der Waals surface area contributed by atoms with Gasteiger partial charge in [0.05, 0.1) is 10.7 Å².